The quantitative estimate of drug-likeness (QED) is 0.357. The lowest BCUT2D eigenvalue weighted by atomic mass is 10.1. The van der Waals surface area contributed by atoms with E-state index in [1.165, 1.54) is 6.21 Å². The molecule has 0 aliphatic carbocycles. The van der Waals surface area contributed by atoms with Gasteiger partial charge in [0.2, 0.25) is 0 Å². The van der Waals surface area contributed by atoms with E-state index in [-0.39, 0.29) is 12.2 Å². The topological polar surface area (TPSA) is 83.5 Å². The molecule has 0 unspecified atom stereocenters. The van der Waals surface area contributed by atoms with E-state index in [4.69, 9.17) is 4.74 Å². The van der Waals surface area contributed by atoms with Gasteiger partial charge in [0.25, 0.3) is 11.5 Å². The number of aromatic amines is 1. The van der Waals surface area contributed by atoms with Gasteiger partial charge in [-0.3, -0.25) is 9.59 Å². The third-order valence-electron chi connectivity index (χ3n) is 4.36. The predicted molar refractivity (Wildman–Crippen MR) is 117 cm³/mol. The number of ether oxygens (including phenoxy) is 1. The molecule has 0 bridgehead atoms. The van der Waals surface area contributed by atoms with Crippen LogP contribution in [0.15, 0.2) is 81.1 Å². The normalized spacial score (nSPS) is 11.2. The molecular weight excluding hydrogens is 434 g/mol. The van der Waals surface area contributed by atoms with Gasteiger partial charge in [0.05, 0.1) is 16.3 Å². The Hall–Kier alpha value is -3.45. The first-order valence-electron chi connectivity index (χ1n) is 8.86. The second-order valence-electron chi connectivity index (χ2n) is 6.32. The Morgan fingerprint density at radius 2 is 1.83 bits per heavy atom. The molecule has 0 spiro atoms. The van der Waals surface area contributed by atoms with E-state index in [1.54, 1.807) is 12.1 Å². The number of amides is 1. The molecule has 4 aromatic rings. The highest BCUT2D eigenvalue weighted by Crippen LogP contribution is 2.32. The van der Waals surface area contributed by atoms with Gasteiger partial charge in [-0.2, -0.15) is 5.10 Å². The lowest BCUT2D eigenvalue weighted by molar-refractivity contribution is -0.123. The number of hydrogen-bond acceptors (Lipinski definition) is 4. The van der Waals surface area contributed by atoms with Gasteiger partial charge in [-0.25, -0.2) is 5.43 Å². The second-order valence-corrected chi connectivity index (χ2v) is 7.11. The van der Waals surface area contributed by atoms with Crippen LogP contribution in [0.2, 0.25) is 0 Å². The second kappa shape index (κ2) is 8.28. The molecule has 0 radical (unpaired) electrons. The minimum Gasteiger partial charge on any atom is -0.483 e. The van der Waals surface area contributed by atoms with Crippen LogP contribution >= 0.6 is 15.9 Å². The number of aromatic nitrogens is 1. The van der Waals surface area contributed by atoms with Crippen LogP contribution in [0.5, 0.6) is 5.75 Å². The molecule has 29 heavy (non-hydrogen) atoms. The summed E-state index contributed by atoms with van der Waals surface area (Å²) in [5.41, 5.74) is 3.18. The number of hydrogen-bond donors (Lipinski definition) is 2. The van der Waals surface area contributed by atoms with Crippen molar-refractivity contribution in [3.8, 4) is 5.75 Å². The molecule has 0 atom stereocenters. The third kappa shape index (κ3) is 4.20. The summed E-state index contributed by atoms with van der Waals surface area (Å²) < 4.78 is 6.38. The molecule has 1 aromatic heterocycles. The molecule has 3 aromatic carbocycles. The number of halogens is 1. The number of benzene rings is 3. The van der Waals surface area contributed by atoms with Crippen LogP contribution in [0.3, 0.4) is 0 Å². The molecule has 1 heterocycles. The fourth-order valence-electron chi connectivity index (χ4n) is 2.93. The summed E-state index contributed by atoms with van der Waals surface area (Å²) >= 11 is 3.52. The zero-order valence-corrected chi connectivity index (χ0v) is 16.8. The molecule has 7 heteroatoms. The van der Waals surface area contributed by atoms with Crippen molar-refractivity contribution in [2.45, 2.75) is 0 Å². The van der Waals surface area contributed by atoms with E-state index < -0.39 is 5.91 Å². The first-order chi connectivity index (χ1) is 14.1. The highest BCUT2D eigenvalue weighted by atomic mass is 79.9. The maximum absolute atomic E-state index is 12.1. The smallest absolute Gasteiger partial charge is 0.277 e. The van der Waals surface area contributed by atoms with Gasteiger partial charge in [0.15, 0.2) is 6.61 Å². The number of nitrogens with one attached hydrogen (secondary N) is 2. The van der Waals surface area contributed by atoms with Gasteiger partial charge in [-0.15, -0.1) is 0 Å². The number of para-hydroxylation sites is 1. The largest absolute Gasteiger partial charge is 0.483 e. The first kappa shape index (κ1) is 18.9. The zero-order chi connectivity index (χ0) is 20.2. The Morgan fingerprint density at radius 3 is 2.69 bits per heavy atom. The number of carbonyl (C=O) groups excluding carboxylic acids is 1. The van der Waals surface area contributed by atoms with Crippen LogP contribution in [0.25, 0.3) is 21.7 Å². The Balaban J connectivity index is 1.40. The Kier molecular flexibility index (Phi) is 5.39. The summed E-state index contributed by atoms with van der Waals surface area (Å²) in [6.07, 6.45) is 1.31. The maximum Gasteiger partial charge on any atom is 0.277 e. The summed E-state index contributed by atoms with van der Waals surface area (Å²) in [5, 5.41) is 6.81. The standard InChI is InChI=1S/C22H16BrN3O3/c23-21-17-7-3-1-5-14(17)9-10-19(21)29-13-20(27)26-24-12-16-11-15-6-2-4-8-18(15)25-22(16)28/h1-12H,13H2,(H,25,28)(H,26,27)/b24-12-. The number of hydrazone groups is 1. The van der Waals surface area contributed by atoms with Crippen molar-refractivity contribution >= 4 is 49.7 Å². The molecule has 0 fully saturated rings. The molecule has 6 nitrogen and oxygen atoms in total. The highest BCUT2D eigenvalue weighted by molar-refractivity contribution is 9.10. The number of carbonyl (C=O) groups is 1. The van der Waals surface area contributed by atoms with Crippen LogP contribution < -0.4 is 15.7 Å². The fourth-order valence-corrected chi connectivity index (χ4v) is 3.54. The van der Waals surface area contributed by atoms with E-state index in [0.717, 1.165) is 26.1 Å². The molecular formula is C22H16BrN3O3. The predicted octanol–water partition coefficient (Wildman–Crippen LogP) is 3.97. The molecule has 0 saturated carbocycles. The molecule has 1 amide bonds. The summed E-state index contributed by atoms with van der Waals surface area (Å²) in [6, 6.07) is 20.7. The maximum atomic E-state index is 12.1. The number of nitrogens with zero attached hydrogens (tertiary/aromatic N) is 1. The molecule has 4 rings (SSSR count). The number of rotatable bonds is 5. The van der Waals surface area contributed by atoms with Gasteiger partial charge in [0.1, 0.15) is 5.75 Å². The first-order valence-corrected chi connectivity index (χ1v) is 9.65. The van der Waals surface area contributed by atoms with E-state index in [9.17, 15) is 9.59 Å². The van der Waals surface area contributed by atoms with Crippen LogP contribution in [0.4, 0.5) is 0 Å². The minimum absolute atomic E-state index is 0.206. The Labute approximate surface area is 174 Å². The van der Waals surface area contributed by atoms with Crippen LogP contribution in [-0.2, 0) is 4.79 Å². The van der Waals surface area contributed by atoms with Crippen LogP contribution in [-0.4, -0.2) is 23.7 Å². The highest BCUT2D eigenvalue weighted by Gasteiger charge is 2.08. The monoisotopic (exact) mass is 449 g/mol. The van der Waals surface area contributed by atoms with Crippen LogP contribution in [0, 0.1) is 0 Å². The molecule has 144 valence electrons. The number of fused-ring (bicyclic) bond motifs is 2. The van der Waals surface area contributed by atoms with Crippen molar-refractivity contribution in [2.75, 3.05) is 6.61 Å². The summed E-state index contributed by atoms with van der Waals surface area (Å²) in [4.78, 5) is 26.9. The van der Waals surface area contributed by atoms with Crippen molar-refractivity contribution in [3.63, 3.8) is 0 Å². The van der Waals surface area contributed by atoms with Crippen molar-refractivity contribution in [3.05, 3.63) is 87.1 Å². The van der Waals surface area contributed by atoms with Gasteiger partial charge >= 0.3 is 0 Å². The summed E-state index contributed by atoms with van der Waals surface area (Å²) in [7, 11) is 0. The Morgan fingerprint density at radius 1 is 1.07 bits per heavy atom. The van der Waals surface area contributed by atoms with E-state index in [1.807, 2.05) is 54.6 Å². The number of pyridine rings is 1. The average molecular weight is 450 g/mol. The van der Waals surface area contributed by atoms with E-state index in [2.05, 4.69) is 31.4 Å². The fraction of sp³-hybridized carbons (Fsp3) is 0.0455. The molecule has 0 aliphatic heterocycles. The van der Waals surface area contributed by atoms with Gasteiger partial charge in [0, 0.05) is 5.52 Å². The van der Waals surface area contributed by atoms with Gasteiger partial charge < -0.3 is 9.72 Å². The SMILES string of the molecule is O=C(COc1ccc2ccccc2c1Br)N/N=C\c1cc2ccccc2[nH]c1=O. The lowest BCUT2D eigenvalue weighted by Crippen LogP contribution is -2.25. The van der Waals surface area contributed by atoms with Crippen molar-refractivity contribution < 1.29 is 9.53 Å². The van der Waals surface area contributed by atoms with E-state index in [0.29, 0.717) is 11.3 Å². The summed E-state index contributed by atoms with van der Waals surface area (Å²) in [6.45, 7) is -0.206. The van der Waals surface area contributed by atoms with Gasteiger partial charge in [-0.05, 0) is 50.3 Å². The van der Waals surface area contributed by atoms with E-state index >= 15 is 0 Å². The third-order valence-corrected chi connectivity index (χ3v) is 5.18. The summed E-state index contributed by atoms with van der Waals surface area (Å²) in [5.74, 6) is 0.132. The molecule has 0 aliphatic rings. The van der Waals surface area contributed by atoms with Crippen molar-refractivity contribution in [2.24, 2.45) is 5.10 Å². The number of H-pyrrole nitrogens is 1. The zero-order valence-electron chi connectivity index (χ0n) is 15.2. The minimum atomic E-state index is -0.432. The van der Waals surface area contributed by atoms with Crippen molar-refractivity contribution in [1.82, 2.24) is 10.4 Å². The molecule has 2 N–H and O–H groups in total. The average Bonchev–Trinajstić information content (AvgIpc) is 2.74. The molecule has 0 saturated heterocycles. The van der Waals surface area contributed by atoms with Crippen LogP contribution in [0.1, 0.15) is 5.56 Å². The van der Waals surface area contributed by atoms with Crippen molar-refractivity contribution in [1.29, 1.82) is 0 Å². The Bertz CT molecular complexity index is 1300. The lowest BCUT2D eigenvalue weighted by Gasteiger charge is -2.09. The van der Waals surface area contributed by atoms with Gasteiger partial charge in [-0.1, -0.05) is 48.5 Å².